The fourth-order valence-electron chi connectivity index (χ4n) is 3.21. The third kappa shape index (κ3) is 5.05. The number of rotatable bonds is 7. The summed E-state index contributed by atoms with van der Waals surface area (Å²) in [7, 11) is -0.582. The molecule has 9 heteroatoms. The number of nitrogens with zero attached hydrogens (tertiary/aromatic N) is 2. The summed E-state index contributed by atoms with van der Waals surface area (Å²) >= 11 is 0. The molecule has 1 fully saturated rings. The Kier molecular flexibility index (Phi) is 6.74. The summed E-state index contributed by atoms with van der Waals surface area (Å²) in [6.45, 7) is 5.08. The average molecular weight is 422 g/mol. The lowest BCUT2D eigenvalue weighted by molar-refractivity contribution is 0.0117. The lowest BCUT2D eigenvalue weighted by Gasteiger charge is -2.33. The minimum Gasteiger partial charge on any atom is -0.465 e. The maximum Gasteiger partial charge on any atom is 0.251 e. The fourth-order valence-corrected chi connectivity index (χ4v) is 4.11. The Labute approximate surface area is 171 Å². The van der Waals surface area contributed by atoms with Gasteiger partial charge < -0.3 is 14.5 Å². The first-order valence-corrected chi connectivity index (χ1v) is 10.9. The van der Waals surface area contributed by atoms with Gasteiger partial charge in [-0.3, -0.25) is 9.69 Å². The highest BCUT2D eigenvalue weighted by atomic mass is 32.2. The Balaban J connectivity index is 1.70. The normalized spacial score (nSPS) is 16.7. The summed E-state index contributed by atoms with van der Waals surface area (Å²) < 4.78 is 36.7. The molecular weight excluding hydrogens is 394 g/mol. The van der Waals surface area contributed by atoms with Crippen LogP contribution in [-0.2, 0) is 14.8 Å². The van der Waals surface area contributed by atoms with Gasteiger partial charge in [-0.15, -0.1) is 0 Å². The van der Waals surface area contributed by atoms with E-state index in [1.807, 2.05) is 19.1 Å². The van der Waals surface area contributed by atoms with Gasteiger partial charge in [-0.05, 0) is 43.3 Å². The van der Waals surface area contributed by atoms with Crippen molar-refractivity contribution >= 4 is 15.9 Å². The molecule has 0 unspecified atom stereocenters. The van der Waals surface area contributed by atoms with Gasteiger partial charge in [0.15, 0.2) is 0 Å². The second kappa shape index (κ2) is 9.08. The van der Waals surface area contributed by atoms with E-state index in [0.29, 0.717) is 25.3 Å². The zero-order valence-corrected chi connectivity index (χ0v) is 17.7. The van der Waals surface area contributed by atoms with Crippen LogP contribution in [-0.4, -0.2) is 70.5 Å². The Morgan fingerprint density at radius 2 is 1.79 bits per heavy atom. The molecule has 3 rings (SSSR count). The zero-order valence-electron chi connectivity index (χ0n) is 16.9. The molecular formula is C20H27N3O5S. The number of hydrogen-bond acceptors (Lipinski definition) is 6. The van der Waals surface area contributed by atoms with Crippen molar-refractivity contribution in [3.05, 3.63) is 53.5 Å². The van der Waals surface area contributed by atoms with Crippen LogP contribution in [0.2, 0.25) is 0 Å². The Bertz CT molecular complexity index is 931. The predicted molar refractivity (Wildman–Crippen MR) is 108 cm³/mol. The number of hydrogen-bond donors (Lipinski definition) is 1. The number of morpholine rings is 1. The number of sulfonamides is 1. The maximum absolute atomic E-state index is 12.6. The Hall–Kier alpha value is -2.20. The lowest BCUT2D eigenvalue weighted by atomic mass is 10.1. The minimum atomic E-state index is -3.52. The molecule has 1 atom stereocenters. The van der Waals surface area contributed by atoms with E-state index >= 15 is 0 Å². The van der Waals surface area contributed by atoms with E-state index in [1.54, 1.807) is 0 Å². The summed E-state index contributed by atoms with van der Waals surface area (Å²) in [6, 6.07) is 9.68. The van der Waals surface area contributed by atoms with Gasteiger partial charge in [0.1, 0.15) is 11.5 Å². The molecule has 0 aliphatic carbocycles. The molecule has 0 radical (unpaired) electrons. The number of carbonyl (C=O) groups excluding carboxylic acids is 1. The number of amides is 1. The highest BCUT2D eigenvalue weighted by Crippen LogP contribution is 2.23. The molecule has 0 saturated carbocycles. The second-order valence-electron chi connectivity index (χ2n) is 7.13. The van der Waals surface area contributed by atoms with Crippen LogP contribution in [0.3, 0.4) is 0 Å². The monoisotopic (exact) mass is 421 g/mol. The average Bonchev–Trinajstić information content (AvgIpc) is 3.14. The van der Waals surface area contributed by atoms with Gasteiger partial charge in [0, 0.05) is 39.3 Å². The standard InChI is InChI=1S/C20H27N3O5S/c1-15-4-9-19(28-15)18(23-10-12-27-13-11-23)14-21-20(24)16-5-7-17(8-6-16)29(25,26)22(2)3/h4-9,18H,10-14H2,1-3H3,(H,21,24)/t18-/m0/s1. The van der Waals surface area contributed by atoms with Crippen molar-refractivity contribution in [1.82, 2.24) is 14.5 Å². The lowest BCUT2D eigenvalue weighted by Crippen LogP contribution is -2.43. The number of nitrogens with one attached hydrogen (secondary N) is 1. The summed E-state index contributed by atoms with van der Waals surface area (Å²) in [5, 5.41) is 2.94. The first-order valence-electron chi connectivity index (χ1n) is 9.48. The van der Waals surface area contributed by atoms with Crippen molar-refractivity contribution in [2.24, 2.45) is 0 Å². The minimum absolute atomic E-state index is 0.0926. The van der Waals surface area contributed by atoms with Crippen molar-refractivity contribution in [3.8, 4) is 0 Å². The van der Waals surface area contributed by atoms with Gasteiger partial charge in [-0.25, -0.2) is 12.7 Å². The largest absolute Gasteiger partial charge is 0.465 e. The van der Waals surface area contributed by atoms with E-state index in [2.05, 4.69) is 10.2 Å². The second-order valence-corrected chi connectivity index (χ2v) is 9.29. The van der Waals surface area contributed by atoms with Crippen LogP contribution in [0.15, 0.2) is 45.7 Å². The Morgan fingerprint density at radius 3 is 2.34 bits per heavy atom. The van der Waals surface area contributed by atoms with E-state index in [0.717, 1.165) is 28.9 Å². The van der Waals surface area contributed by atoms with Crippen molar-refractivity contribution in [2.45, 2.75) is 17.9 Å². The maximum atomic E-state index is 12.6. The van der Waals surface area contributed by atoms with Crippen LogP contribution in [0.4, 0.5) is 0 Å². The molecule has 0 bridgehead atoms. The van der Waals surface area contributed by atoms with Gasteiger partial charge in [0.2, 0.25) is 10.0 Å². The molecule has 0 spiro atoms. The molecule has 1 aliphatic heterocycles. The molecule has 2 heterocycles. The van der Waals surface area contributed by atoms with Crippen molar-refractivity contribution in [1.29, 1.82) is 0 Å². The molecule has 1 aromatic carbocycles. The summed E-state index contributed by atoms with van der Waals surface area (Å²) in [5.41, 5.74) is 0.402. The summed E-state index contributed by atoms with van der Waals surface area (Å²) in [5.74, 6) is 1.36. The van der Waals surface area contributed by atoms with E-state index in [4.69, 9.17) is 9.15 Å². The van der Waals surface area contributed by atoms with Gasteiger partial charge >= 0.3 is 0 Å². The van der Waals surface area contributed by atoms with Crippen LogP contribution in [0, 0.1) is 6.92 Å². The fraction of sp³-hybridized carbons (Fsp3) is 0.450. The van der Waals surface area contributed by atoms with Crippen LogP contribution < -0.4 is 5.32 Å². The van der Waals surface area contributed by atoms with Crippen LogP contribution in [0.25, 0.3) is 0 Å². The van der Waals surface area contributed by atoms with Crippen molar-refractivity contribution < 1.29 is 22.4 Å². The predicted octanol–water partition coefficient (Wildman–Crippen LogP) is 1.64. The molecule has 158 valence electrons. The van der Waals surface area contributed by atoms with E-state index in [-0.39, 0.29) is 16.8 Å². The van der Waals surface area contributed by atoms with Gasteiger partial charge in [-0.1, -0.05) is 0 Å². The van der Waals surface area contributed by atoms with E-state index < -0.39 is 10.0 Å². The summed E-state index contributed by atoms with van der Waals surface area (Å²) in [4.78, 5) is 15.0. The number of benzene rings is 1. The molecule has 8 nitrogen and oxygen atoms in total. The topological polar surface area (TPSA) is 92.1 Å². The molecule has 1 N–H and O–H groups in total. The van der Waals surface area contributed by atoms with E-state index in [9.17, 15) is 13.2 Å². The molecule has 2 aromatic rings. The quantitative estimate of drug-likeness (QED) is 0.731. The molecule has 1 amide bonds. The SMILES string of the molecule is Cc1ccc([C@H](CNC(=O)c2ccc(S(=O)(=O)N(C)C)cc2)N2CCOCC2)o1. The number of carbonyl (C=O) groups is 1. The smallest absolute Gasteiger partial charge is 0.251 e. The number of ether oxygens (including phenoxy) is 1. The first-order chi connectivity index (χ1) is 13.8. The highest BCUT2D eigenvalue weighted by Gasteiger charge is 2.26. The molecule has 29 heavy (non-hydrogen) atoms. The number of aryl methyl sites for hydroxylation is 1. The molecule has 1 saturated heterocycles. The van der Waals surface area contributed by atoms with E-state index in [1.165, 1.54) is 38.4 Å². The third-order valence-corrected chi connectivity index (χ3v) is 6.76. The molecule has 1 aromatic heterocycles. The van der Waals surface area contributed by atoms with Crippen LogP contribution >= 0.6 is 0 Å². The highest BCUT2D eigenvalue weighted by molar-refractivity contribution is 7.89. The van der Waals surface area contributed by atoms with Gasteiger partial charge in [-0.2, -0.15) is 0 Å². The van der Waals surface area contributed by atoms with Gasteiger partial charge in [0.25, 0.3) is 5.91 Å². The third-order valence-electron chi connectivity index (χ3n) is 4.93. The number of furan rings is 1. The Morgan fingerprint density at radius 1 is 1.14 bits per heavy atom. The first kappa shape index (κ1) is 21.5. The van der Waals surface area contributed by atoms with Crippen molar-refractivity contribution in [3.63, 3.8) is 0 Å². The van der Waals surface area contributed by atoms with Crippen molar-refractivity contribution in [2.75, 3.05) is 46.9 Å². The molecule has 1 aliphatic rings. The van der Waals surface area contributed by atoms with Gasteiger partial charge in [0.05, 0.1) is 24.2 Å². The van der Waals surface area contributed by atoms with Crippen LogP contribution in [0.5, 0.6) is 0 Å². The zero-order chi connectivity index (χ0) is 21.0. The van der Waals surface area contributed by atoms with Crippen LogP contribution in [0.1, 0.15) is 27.9 Å². The summed E-state index contributed by atoms with van der Waals surface area (Å²) in [6.07, 6.45) is 0.